The van der Waals surface area contributed by atoms with Gasteiger partial charge in [0.25, 0.3) is 0 Å². The first-order valence-corrected chi connectivity index (χ1v) is 16.2. The lowest BCUT2D eigenvalue weighted by atomic mass is 9.92. The summed E-state index contributed by atoms with van der Waals surface area (Å²) in [6.45, 7) is 2.14. The maximum Gasteiger partial charge on any atom is 0.236 e. The van der Waals surface area contributed by atoms with Crippen LogP contribution in [0.25, 0.3) is 21.8 Å². The number of anilines is 2. The molecule has 4 aromatic rings. The third-order valence-electron chi connectivity index (χ3n) is 8.83. The molecule has 2 aromatic heterocycles. The van der Waals surface area contributed by atoms with Crippen molar-refractivity contribution in [3.8, 4) is 0 Å². The molecule has 2 aromatic carbocycles. The number of benzene rings is 2. The Morgan fingerprint density at radius 1 is 0.682 bits per heavy atom. The number of carbonyl (C=O) groups excluding carboxylic acids is 2. The summed E-state index contributed by atoms with van der Waals surface area (Å²) in [5.41, 5.74) is 15.4. The number of amides is 2. The van der Waals surface area contributed by atoms with Crippen LogP contribution in [0.2, 0.25) is 0 Å². The summed E-state index contributed by atoms with van der Waals surface area (Å²) in [5, 5.41) is 15.3. The SMILES string of the molecule is N[C@@H](CCC(=O)NCCNc1c2c(nc3ccccc13)CCCC2)C(=O)NCCNc1c2c(nc3ccccc13)CCCC2. The van der Waals surface area contributed by atoms with E-state index in [4.69, 9.17) is 15.7 Å². The van der Waals surface area contributed by atoms with Crippen LogP contribution in [0.15, 0.2) is 48.5 Å². The molecule has 0 radical (unpaired) electrons. The molecule has 0 saturated heterocycles. The molecule has 0 fully saturated rings. The summed E-state index contributed by atoms with van der Waals surface area (Å²) in [6, 6.07) is 15.7. The highest BCUT2D eigenvalue weighted by Crippen LogP contribution is 2.34. The smallest absolute Gasteiger partial charge is 0.236 e. The molecule has 9 nitrogen and oxygen atoms in total. The topological polar surface area (TPSA) is 134 Å². The molecule has 1 atom stereocenters. The van der Waals surface area contributed by atoms with Gasteiger partial charge in [0.1, 0.15) is 0 Å². The monoisotopic (exact) mass is 593 g/mol. The second-order valence-electron chi connectivity index (χ2n) is 11.9. The lowest BCUT2D eigenvalue weighted by Crippen LogP contribution is -2.43. The van der Waals surface area contributed by atoms with E-state index in [1.54, 1.807) is 0 Å². The van der Waals surface area contributed by atoms with Gasteiger partial charge in [-0.25, -0.2) is 0 Å². The summed E-state index contributed by atoms with van der Waals surface area (Å²) in [6.07, 6.45) is 9.26. The Balaban J connectivity index is 0.926. The van der Waals surface area contributed by atoms with Gasteiger partial charge in [0.15, 0.2) is 0 Å². The van der Waals surface area contributed by atoms with Crippen LogP contribution in [0.5, 0.6) is 0 Å². The minimum absolute atomic E-state index is 0.104. The van der Waals surface area contributed by atoms with Crippen molar-refractivity contribution >= 4 is 45.0 Å². The minimum atomic E-state index is -0.733. The fourth-order valence-corrected chi connectivity index (χ4v) is 6.55. The average molecular weight is 594 g/mol. The van der Waals surface area contributed by atoms with E-state index in [9.17, 15) is 9.59 Å². The summed E-state index contributed by atoms with van der Waals surface area (Å²) in [5.74, 6) is -0.343. The Morgan fingerprint density at radius 3 is 1.75 bits per heavy atom. The van der Waals surface area contributed by atoms with Gasteiger partial charge in [-0.3, -0.25) is 19.6 Å². The highest BCUT2D eigenvalue weighted by atomic mass is 16.2. The van der Waals surface area contributed by atoms with Gasteiger partial charge in [0, 0.05) is 66.1 Å². The number of hydrogen-bond donors (Lipinski definition) is 5. The fraction of sp³-hybridized carbons (Fsp3) is 0.429. The third-order valence-corrected chi connectivity index (χ3v) is 8.83. The predicted molar refractivity (Wildman–Crippen MR) is 177 cm³/mol. The van der Waals surface area contributed by atoms with E-state index in [1.165, 1.54) is 48.2 Å². The second kappa shape index (κ2) is 14.0. The molecule has 44 heavy (non-hydrogen) atoms. The average Bonchev–Trinajstić information content (AvgIpc) is 3.06. The van der Waals surface area contributed by atoms with Crippen LogP contribution >= 0.6 is 0 Å². The molecule has 6 N–H and O–H groups in total. The predicted octanol–water partition coefficient (Wildman–Crippen LogP) is 4.40. The molecule has 0 bridgehead atoms. The van der Waals surface area contributed by atoms with Crippen molar-refractivity contribution in [1.29, 1.82) is 0 Å². The van der Waals surface area contributed by atoms with Gasteiger partial charge in [0.05, 0.1) is 17.1 Å². The lowest BCUT2D eigenvalue weighted by Gasteiger charge is -2.22. The lowest BCUT2D eigenvalue weighted by molar-refractivity contribution is -0.123. The number of fused-ring (bicyclic) bond motifs is 4. The van der Waals surface area contributed by atoms with E-state index in [0.29, 0.717) is 32.6 Å². The van der Waals surface area contributed by atoms with Crippen molar-refractivity contribution in [2.24, 2.45) is 5.73 Å². The van der Waals surface area contributed by atoms with Crippen molar-refractivity contribution in [1.82, 2.24) is 20.6 Å². The molecule has 0 unspecified atom stereocenters. The zero-order valence-corrected chi connectivity index (χ0v) is 25.4. The number of nitrogens with two attached hydrogens (primary N) is 1. The Bertz CT molecular complexity index is 1650. The molecule has 2 aliphatic rings. The van der Waals surface area contributed by atoms with Crippen molar-refractivity contribution in [3.63, 3.8) is 0 Å². The van der Waals surface area contributed by atoms with Gasteiger partial charge in [-0.05, 0) is 81.0 Å². The van der Waals surface area contributed by atoms with Crippen molar-refractivity contribution in [2.45, 2.75) is 70.3 Å². The summed E-state index contributed by atoms with van der Waals surface area (Å²) in [4.78, 5) is 34.9. The van der Waals surface area contributed by atoms with E-state index < -0.39 is 6.04 Å². The zero-order valence-electron chi connectivity index (χ0n) is 25.4. The molecule has 2 amide bonds. The number of para-hydroxylation sites is 2. The molecule has 0 aliphatic heterocycles. The third kappa shape index (κ3) is 6.78. The Morgan fingerprint density at radius 2 is 1.18 bits per heavy atom. The second-order valence-corrected chi connectivity index (χ2v) is 11.9. The van der Waals surface area contributed by atoms with E-state index >= 15 is 0 Å². The molecular formula is C35H43N7O2. The first kappa shape index (κ1) is 29.8. The number of carbonyl (C=O) groups is 2. The summed E-state index contributed by atoms with van der Waals surface area (Å²) < 4.78 is 0. The maximum absolute atomic E-state index is 12.6. The first-order chi connectivity index (χ1) is 21.6. The molecule has 230 valence electrons. The van der Waals surface area contributed by atoms with E-state index in [1.807, 2.05) is 24.3 Å². The zero-order chi connectivity index (χ0) is 30.3. The number of hydrogen-bond acceptors (Lipinski definition) is 7. The number of rotatable bonds is 12. The van der Waals surface area contributed by atoms with Crippen LogP contribution in [0, 0.1) is 0 Å². The van der Waals surface area contributed by atoms with E-state index in [2.05, 4.69) is 45.5 Å². The molecular weight excluding hydrogens is 550 g/mol. The van der Waals surface area contributed by atoms with Crippen LogP contribution in [-0.4, -0.2) is 54.0 Å². The maximum atomic E-state index is 12.6. The number of aromatic nitrogens is 2. The van der Waals surface area contributed by atoms with Crippen LogP contribution in [0.3, 0.4) is 0 Å². The van der Waals surface area contributed by atoms with Gasteiger partial charge in [0.2, 0.25) is 11.8 Å². The van der Waals surface area contributed by atoms with Crippen LogP contribution < -0.4 is 27.0 Å². The minimum Gasteiger partial charge on any atom is -0.382 e. The van der Waals surface area contributed by atoms with Crippen LogP contribution in [-0.2, 0) is 35.3 Å². The van der Waals surface area contributed by atoms with Gasteiger partial charge in [-0.2, -0.15) is 0 Å². The van der Waals surface area contributed by atoms with Crippen LogP contribution in [0.1, 0.15) is 61.0 Å². The largest absolute Gasteiger partial charge is 0.382 e. The highest BCUT2D eigenvalue weighted by Gasteiger charge is 2.20. The molecule has 2 aliphatic carbocycles. The molecule has 0 spiro atoms. The number of pyridine rings is 2. The first-order valence-electron chi connectivity index (χ1n) is 16.2. The van der Waals surface area contributed by atoms with Crippen molar-refractivity contribution < 1.29 is 9.59 Å². The van der Waals surface area contributed by atoms with Gasteiger partial charge < -0.3 is 27.0 Å². The summed E-state index contributed by atoms with van der Waals surface area (Å²) in [7, 11) is 0. The Labute approximate surface area is 258 Å². The molecule has 0 saturated carbocycles. The Kier molecular flexibility index (Phi) is 9.51. The quantitative estimate of drug-likeness (QED) is 0.154. The van der Waals surface area contributed by atoms with Crippen molar-refractivity contribution in [3.05, 3.63) is 71.0 Å². The number of aryl methyl sites for hydroxylation is 2. The number of nitrogens with zero attached hydrogens (tertiary/aromatic N) is 2. The standard InChI is InChI=1S/C35H43N7O2/c36-27(35(44)40-22-21-39-34-25-11-3-7-15-30(25)42-31-16-8-4-12-26(31)34)17-18-32(43)37-19-20-38-33-23-9-1-5-13-28(23)41-29-14-6-2-10-24(29)33/h1,3,5,7,9,11,13,15,27H,2,4,6,8,10,12,14,16-22,36H2,(H,37,43)(H,38,41)(H,39,42)(H,40,44)/t27-/m0/s1. The van der Waals surface area contributed by atoms with Gasteiger partial charge in [-0.15, -0.1) is 0 Å². The van der Waals surface area contributed by atoms with Crippen LogP contribution in [0.4, 0.5) is 11.4 Å². The van der Waals surface area contributed by atoms with Gasteiger partial charge in [-0.1, -0.05) is 36.4 Å². The van der Waals surface area contributed by atoms with E-state index in [0.717, 1.165) is 58.9 Å². The Hall–Kier alpha value is -4.24. The van der Waals surface area contributed by atoms with E-state index in [-0.39, 0.29) is 18.2 Å². The highest BCUT2D eigenvalue weighted by molar-refractivity contribution is 5.94. The number of nitrogens with one attached hydrogen (secondary N) is 4. The molecule has 9 heteroatoms. The summed E-state index contributed by atoms with van der Waals surface area (Å²) >= 11 is 0. The molecule has 6 rings (SSSR count). The van der Waals surface area contributed by atoms with Gasteiger partial charge >= 0.3 is 0 Å². The van der Waals surface area contributed by atoms with Crippen molar-refractivity contribution in [2.75, 3.05) is 36.8 Å². The molecule has 2 heterocycles. The normalized spacial score (nSPS) is 14.8. The fourth-order valence-electron chi connectivity index (χ4n) is 6.55.